The number of nitrogen functional groups attached to an aromatic ring is 1. The van der Waals surface area contributed by atoms with Crippen LogP contribution in [-0.2, 0) is 10.1 Å². The SMILES string of the molecule is Nc1c2c(cc(=O)n1-c1cc(S(=O)(=O)O)cc(-c3ccccc3)c1O)C(=O)NC2=O. The molecule has 1 aliphatic rings. The molecule has 0 fully saturated rings. The summed E-state index contributed by atoms with van der Waals surface area (Å²) in [6.45, 7) is 0. The molecule has 0 saturated heterocycles. The van der Waals surface area contributed by atoms with Gasteiger partial charge < -0.3 is 10.8 Å². The molecule has 11 heteroatoms. The van der Waals surface area contributed by atoms with Gasteiger partial charge in [0.15, 0.2) is 0 Å². The van der Waals surface area contributed by atoms with E-state index in [9.17, 15) is 32.5 Å². The van der Waals surface area contributed by atoms with E-state index >= 15 is 0 Å². The monoisotopic (exact) mass is 427 g/mol. The molecule has 2 amide bonds. The van der Waals surface area contributed by atoms with Crippen LogP contribution in [0.3, 0.4) is 0 Å². The second-order valence-electron chi connectivity index (χ2n) is 6.45. The zero-order valence-electron chi connectivity index (χ0n) is 15.0. The number of carbonyl (C=O) groups is 2. The van der Waals surface area contributed by atoms with E-state index < -0.39 is 44.0 Å². The van der Waals surface area contributed by atoms with Gasteiger partial charge in [-0.1, -0.05) is 30.3 Å². The number of phenols is 1. The number of rotatable bonds is 3. The number of pyridine rings is 1. The minimum atomic E-state index is -4.74. The van der Waals surface area contributed by atoms with Crippen molar-refractivity contribution in [3.8, 4) is 22.6 Å². The summed E-state index contributed by atoms with van der Waals surface area (Å²) in [5.41, 5.74) is 4.56. The average molecular weight is 427 g/mol. The van der Waals surface area contributed by atoms with Crippen LogP contribution in [0.4, 0.5) is 5.82 Å². The molecular formula is C19H13N3O7S. The van der Waals surface area contributed by atoms with Gasteiger partial charge in [0.25, 0.3) is 27.5 Å². The Morgan fingerprint density at radius 2 is 1.60 bits per heavy atom. The zero-order valence-corrected chi connectivity index (χ0v) is 15.8. The molecule has 30 heavy (non-hydrogen) atoms. The standard InChI is InChI=1S/C19H13N3O7S/c20-17-15-12(18(25)21-19(15)26)8-14(23)22(17)13-7-10(30(27,28)29)6-11(16(13)24)9-4-2-1-3-5-9/h1-8,24H,20H2,(H,21,25,26)(H,27,28,29). The van der Waals surface area contributed by atoms with Gasteiger partial charge in [0.2, 0.25) is 0 Å². The van der Waals surface area contributed by atoms with Crippen molar-refractivity contribution in [2.24, 2.45) is 0 Å². The van der Waals surface area contributed by atoms with Crippen molar-refractivity contribution in [3.05, 3.63) is 70.0 Å². The number of amides is 2. The summed E-state index contributed by atoms with van der Waals surface area (Å²) in [7, 11) is -4.74. The topological polar surface area (TPSA) is 169 Å². The van der Waals surface area contributed by atoms with E-state index in [1.165, 1.54) is 0 Å². The highest BCUT2D eigenvalue weighted by molar-refractivity contribution is 7.85. The molecule has 0 radical (unpaired) electrons. The lowest BCUT2D eigenvalue weighted by Crippen LogP contribution is -2.24. The van der Waals surface area contributed by atoms with E-state index in [4.69, 9.17) is 5.73 Å². The predicted molar refractivity (Wildman–Crippen MR) is 105 cm³/mol. The van der Waals surface area contributed by atoms with Crippen LogP contribution in [0.1, 0.15) is 20.7 Å². The highest BCUT2D eigenvalue weighted by Gasteiger charge is 2.32. The van der Waals surface area contributed by atoms with E-state index in [2.05, 4.69) is 0 Å². The minimum Gasteiger partial charge on any atom is -0.505 e. The molecule has 0 unspecified atom stereocenters. The van der Waals surface area contributed by atoms with Gasteiger partial charge in [0, 0.05) is 11.6 Å². The summed E-state index contributed by atoms with van der Waals surface area (Å²) in [5, 5.41) is 12.8. The summed E-state index contributed by atoms with van der Waals surface area (Å²) in [6.07, 6.45) is 0. The number of imide groups is 1. The van der Waals surface area contributed by atoms with E-state index in [-0.39, 0.29) is 22.4 Å². The lowest BCUT2D eigenvalue weighted by Gasteiger charge is -2.17. The molecule has 3 aromatic rings. The Labute approximate surface area is 168 Å². The smallest absolute Gasteiger partial charge is 0.294 e. The van der Waals surface area contributed by atoms with Crippen molar-refractivity contribution >= 4 is 27.8 Å². The summed E-state index contributed by atoms with van der Waals surface area (Å²) in [5.74, 6) is -2.63. The Balaban J connectivity index is 2.11. The molecule has 1 aromatic heterocycles. The van der Waals surface area contributed by atoms with Crippen molar-refractivity contribution in [1.29, 1.82) is 0 Å². The average Bonchev–Trinajstić information content (AvgIpc) is 2.96. The molecule has 0 spiro atoms. The van der Waals surface area contributed by atoms with E-state index in [0.29, 0.717) is 10.1 Å². The first-order chi connectivity index (χ1) is 14.1. The zero-order chi connectivity index (χ0) is 21.8. The molecule has 10 nitrogen and oxygen atoms in total. The number of aromatic hydroxyl groups is 1. The highest BCUT2D eigenvalue weighted by atomic mass is 32.2. The van der Waals surface area contributed by atoms with Crippen LogP contribution in [0.25, 0.3) is 16.8 Å². The molecule has 2 aromatic carbocycles. The summed E-state index contributed by atoms with van der Waals surface area (Å²) in [4.78, 5) is 36.0. The van der Waals surface area contributed by atoms with Crippen molar-refractivity contribution in [3.63, 3.8) is 0 Å². The molecule has 0 aliphatic carbocycles. The number of nitrogens with two attached hydrogens (primary N) is 1. The summed E-state index contributed by atoms with van der Waals surface area (Å²) >= 11 is 0. The first-order valence-corrected chi connectivity index (χ1v) is 9.85. The quantitative estimate of drug-likeness (QED) is 0.353. The number of benzene rings is 2. The number of hydrogen-bond acceptors (Lipinski definition) is 7. The van der Waals surface area contributed by atoms with Crippen molar-refractivity contribution < 1.29 is 27.7 Å². The maximum absolute atomic E-state index is 12.7. The van der Waals surface area contributed by atoms with Gasteiger partial charge in [0.05, 0.1) is 21.7 Å². The molecule has 152 valence electrons. The van der Waals surface area contributed by atoms with Crippen LogP contribution in [0.5, 0.6) is 5.75 Å². The molecule has 4 rings (SSSR count). The molecular weight excluding hydrogens is 414 g/mol. The largest absolute Gasteiger partial charge is 0.505 e. The van der Waals surface area contributed by atoms with Crippen LogP contribution in [-0.4, -0.2) is 34.5 Å². The lowest BCUT2D eigenvalue weighted by atomic mass is 10.0. The number of hydrogen-bond donors (Lipinski definition) is 4. The molecule has 0 bridgehead atoms. The number of nitrogens with one attached hydrogen (secondary N) is 1. The van der Waals surface area contributed by atoms with E-state index in [1.54, 1.807) is 30.3 Å². The lowest BCUT2D eigenvalue weighted by molar-refractivity contribution is 0.0880. The van der Waals surface area contributed by atoms with Crippen LogP contribution >= 0.6 is 0 Å². The van der Waals surface area contributed by atoms with E-state index in [0.717, 1.165) is 18.2 Å². The predicted octanol–water partition coefficient (Wildman–Crippen LogP) is 0.923. The molecule has 0 atom stereocenters. The second-order valence-corrected chi connectivity index (χ2v) is 7.88. The number of anilines is 1. The van der Waals surface area contributed by atoms with Crippen LogP contribution < -0.4 is 16.6 Å². The number of fused-ring (bicyclic) bond motifs is 1. The van der Waals surface area contributed by atoms with Crippen molar-refractivity contribution in [2.45, 2.75) is 4.90 Å². The number of aromatic nitrogens is 1. The fourth-order valence-corrected chi connectivity index (χ4v) is 3.81. The van der Waals surface area contributed by atoms with Crippen LogP contribution in [0, 0.1) is 0 Å². The first-order valence-electron chi connectivity index (χ1n) is 8.41. The molecule has 0 saturated carbocycles. The van der Waals surface area contributed by atoms with Gasteiger partial charge in [-0.3, -0.25) is 28.8 Å². The van der Waals surface area contributed by atoms with Gasteiger partial charge in [-0.25, -0.2) is 0 Å². The normalized spacial score (nSPS) is 13.2. The van der Waals surface area contributed by atoms with E-state index in [1.807, 2.05) is 5.32 Å². The van der Waals surface area contributed by atoms with Crippen molar-refractivity contribution in [2.75, 3.05) is 5.73 Å². The Kier molecular flexibility index (Phi) is 4.22. The number of nitrogens with zero attached hydrogens (tertiary/aromatic N) is 1. The number of carbonyl (C=O) groups excluding carboxylic acids is 2. The third-order valence-electron chi connectivity index (χ3n) is 4.64. The van der Waals surface area contributed by atoms with Gasteiger partial charge in [-0.15, -0.1) is 0 Å². The Bertz CT molecular complexity index is 1410. The minimum absolute atomic E-state index is 0.00643. The Hall–Kier alpha value is -3.96. The summed E-state index contributed by atoms with van der Waals surface area (Å²) in [6, 6.07) is 10.9. The number of phenolic OH excluding ortho intramolecular Hbond substituents is 1. The first kappa shape index (κ1) is 19.4. The van der Waals surface area contributed by atoms with Gasteiger partial charge in [-0.05, 0) is 17.7 Å². The van der Waals surface area contributed by atoms with Gasteiger partial charge in [0.1, 0.15) is 11.6 Å². The Morgan fingerprint density at radius 3 is 2.23 bits per heavy atom. The van der Waals surface area contributed by atoms with Crippen molar-refractivity contribution in [1.82, 2.24) is 9.88 Å². The van der Waals surface area contributed by atoms with Crippen LogP contribution in [0.2, 0.25) is 0 Å². The molecule has 1 aliphatic heterocycles. The van der Waals surface area contributed by atoms with Crippen LogP contribution in [0.15, 0.2) is 58.2 Å². The van der Waals surface area contributed by atoms with Gasteiger partial charge in [-0.2, -0.15) is 8.42 Å². The third-order valence-corrected chi connectivity index (χ3v) is 5.47. The maximum atomic E-state index is 12.7. The molecule has 5 N–H and O–H groups in total. The maximum Gasteiger partial charge on any atom is 0.294 e. The highest BCUT2D eigenvalue weighted by Crippen LogP contribution is 2.38. The Morgan fingerprint density at radius 1 is 0.933 bits per heavy atom. The third kappa shape index (κ3) is 2.93. The fraction of sp³-hybridized carbons (Fsp3) is 0. The molecule has 2 heterocycles. The fourth-order valence-electron chi connectivity index (χ4n) is 3.28. The summed E-state index contributed by atoms with van der Waals surface area (Å²) < 4.78 is 33.9. The van der Waals surface area contributed by atoms with Gasteiger partial charge >= 0.3 is 0 Å². The second kappa shape index (κ2) is 6.54.